The zero-order chi connectivity index (χ0) is 12.7. The van der Waals surface area contributed by atoms with E-state index in [1.165, 1.54) is 16.9 Å². The predicted molar refractivity (Wildman–Crippen MR) is 78.2 cm³/mol. The van der Waals surface area contributed by atoms with E-state index in [0.717, 1.165) is 40.0 Å². The van der Waals surface area contributed by atoms with Gasteiger partial charge in [-0.3, -0.25) is 0 Å². The van der Waals surface area contributed by atoms with Crippen molar-refractivity contribution in [2.75, 3.05) is 11.7 Å². The first kappa shape index (κ1) is 12.2. The first-order chi connectivity index (χ1) is 8.72. The van der Waals surface area contributed by atoms with Crippen molar-refractivity contribution in [1.82, 2.24) is 9.97 Å². The molecule has 2 aromatic rings. The van der Waals surface area contributed by atoms with Gasteiger partial charge in [0.2, 0.25) is 0 Å². The van der Waals surface area contributed by atoms with Gasteiger partial charge in [0.15, 0.2) is 11.0 Å². The fraction of sp³-hybridized carbons (Fsp3) is 0.500. The lowest BCUT2D eigenvalue weighted by molar-refractivity contribution is 0.509. The molecule has 1 atom stereocenters. The fourth-order valence-electron chi connectivity index (χ4n) is 2.52. The number of nitrogens with one attached hydrogen (secondary N) is 1. The van der Waals surface area contributed by atoms with Crippen LogP contribution in [0.25, 0.3) is 10.2 Å². The summed E-state index contributed by atoms with van der Waals surface area (Å²) in [6, 6.07) is 0. The van der Waals surface area contributed by atoms with Crippen molar-refractivity contribution in [3.8, 4) is 0 Å². The van der Waals surface area contributed by atoms with E-state index in [0.29, 0.717) is 0 Å². The van der Waals surface area contributed by atoms with Gasteiger partial charge in [0.1, 0.15) is 4.83 Å². The zero-order valence-electron chi connectivity index (χ0n) is 10.5. The molecule has 0 amide bonds. The predicted octanol–water partition coefficient (Wildman–Crippen LogP) is 2.82. The van der Waals surface area contributed by atoms with Crippen LogP contribution in [-0.4, -0.2) is 16.2 Å². The Kier molecular flexibility index (Phi) is 3.17. The summed E-state index contributed by atoms with van der Waals surface area (Å²) in [7, 11) is 0. The van der Waals surface area contributed by atoms with E-state index in [2.05, 4.69) is 22.3 Å². The molecule has 1 aliphatic rings. The molecule has 0 unspecified atom stereocenters. The third-order valence-electron chi connectivity index (χ3n) is 3.45. The number of hydrazine groups is 1. The molecule has 0 aliphatic heterocycles. The summed E-state index contributed by atoms with van der Waals surface area (Å²) in [6.07, 6.45) is 5.51. The quantitative estimate of drug-likeness (QED) is 0.383. The minimum Gasteiger partial charge on any atom is -0.308 e. The Labute approximate surface area is 114 Å². The molecule has 2 aromatic heterocycles. The van der Waals surface area contributed by atoms with Crippen molar-refractivity contribution < 1.29 is 0 Å². The normalized spacial score (nSPS) is 18.9. The maximum Gasteiger partial charge on any atom is 0.190 e. The highest BCUT2D eigenvalue weighted by Gasteiger charge is 2.23. The maximum atomic E-state index is 5.61. The van der Waals surface area contributed by atoms with Crippen LogP contribution in [0.15, 0.2) is 5.16 Å². The summed E-state index contributed by atoms with van der Waals surface area (Å²) in [5.74, 6) is 7.16. The maximum absolute atomic E-state index is 5.61. The van der Waals surface area contributed by atoms with Gasteiger partial charge in [-0.05, 0) is 37.0 Å². The van der Waals surface area contributed by atoms with Crippen LogP contribution in [0, 0.1) is 5.92 Å². The lowest BCUT2D eigenvalue weighted by Crippen LogP contribution is -2.12. The van der Waals surface area contributed by atoms with Gasteiger partial charge < -0.3 is 5.43 Å². The number of hydrogen-bond acceptors (Lipinski definition) is 6. The van der Waals surface area contributed by atoms with Crippen molar-refractivity contribution >= 4 is 39.1 Å². The number of nitrogen functional groups attached to an aromatic ring is 1. The summed E-state index contributed by atoms with van der Waals surface area (Å²) in [4.78, 5) is 11.6. The fourth-order valence-corrected chi connectivity index (χ4v) is 4.32. The number of fused-ring (bicyclic) bond motifs is 3. The third-order valence-corrected chi connectivity index (χ3v) is 5.15. The second-order valence-corrected chi connectivity index (χ2v) is 6.59. The molecule has 3 rings (SSSR count). The summed E-state index contributed by atoms with van der Waals surface area (Å²) in [5, 5.41) is 1.92. The van der Waals surface area contributed by atoms with Crippen LogP contribution in [0.2, 0.25) is 0 Å². The Bertz CT molecular complexity index is 593. The zero-order valence-corrected chi connectivity index (χ0v) is 12.1. The second-order valence-electron chi connectivity index (χ2n) is 4.74. The van der Waals surface area contributed by atoms with E-state index in [4.69, 9.17) is 5.84 Å². The van der Waals surface area contributed by atoms with Gasteiger partial charge in [-0.15, -0.1) is 11.3 Å². The number of nitrogens with zero attached hydrogens (tertiary/aromatic N) is 2. The molecule has 0 saturated carbocycles. The van der Waals surface area contributed by atoms with Crippen LogP contribution in [0.3, 0.4) is 0 Å². The first-order valence-electron chi connectivity index (χ1n) is 6.05. The highest BCUT2D eigenvalue weighted by atomic mass is 32.2. The van der Waals surface area contributed by atoms with Crippen LogP contribution in [-0.2, 0) is 12.8 Å². The topological polar surface area (TPSA) is 63.8 Å². The number of rotatable bonds is 2. The van der Waals surface area contributed by atoms with Gasteiger partial charge in [-0.2, -0.15) is 0 Å². The molecule has 0 fully saturated rings. The highest BCUT2D eigenvalue weighted by Crippen LogP contribution is 2.40. The molecule has 2 heterocycles. The van der Waals surface area contributed by atoms with E-state index >= 15 is 0 Å². The Balaban J connectivity index is 2.24. The van der Waals surface area contributed by atoms with E-state index in [1.807, 2.05) is 6.26 Å². The molecule has 0 saturated heterocycles. The van der Waals surface area contributed by atoms with E-state index in [1.54, 1.807) is 23.1 Å². The minimum atomic E-state index is 0.771. The Hall–Kier alpha value is -0.850. The van der Waals surface area contributed by atoms with Gasteiger partial charge in [-0.25, -0.2) is 15.8 Å². The number of thioether (sulfide) groups is 1. The van der Waals surface area contributed by atoms with Gasteiger partial charge in [0, 0.05) is 4.88 Å². The third kappa shape index (κ3) is 1.88. The lowest BCUT2D eigenvalue weighted by Gasteiger charge is -2.18. The summed E-state index contributed by atoms with van der Waals surface area (Å²) in [5.41, 5.74) is 4.15. The molecule has 0 spiro atoms. The molecule has 0 radical (unpaired) electrons. The molecule has 4 nitrogen and oxygen atoms in total. The van der Waals surface area contributed by atoms with Crippen LogP contribution in [0.1, 0.15) is 23.8 Å². The Morgan fingerprint density at radius 2 is 2.28 bits per heavy atom. The van der Waals surface area contributed by atoms with Gasteiger partial charge >= 0.3 is 0 Å². The second kappa shape index (κ2) is 4.68. The van der Waals surface area contributed by atoms with Gasteiger partial charge in [0.25, 0.3) is 0 Å². The van der Waals surface area contributed by atoms with Crippen molar-refractivity contribution in [2.45, 2.75) is 31.3 Å². The van der Waals surface area contributed by atoms with Crippen LogP contribution in [0.5, 0.6) is 0 Å². The molecule has 96 valence electrons. The van der Waals surface area contributed by atoms with Crippen molar-refractivity contribution in [2.24, 2.45) is 11.8 Å². The summed E-state index contributed by atoms with van der Waals surface area (Å²) in [6.45, 7) is 2.31. The average Bonchev–Trinajstić information content (AvgIpc) is 2.74. The standard InChI is InChI=1S/C12H16N4S2/c1-6-3-4-7-8(5-6)18-11-9(7)10(16-13)14-12(15-11)17-2/h6H,3-5,13H2,1-2H3,(H,14,15,16)/t6-/m1/s1. The largest absolute Gasteiger partial charge is 0.308 e. The number of thiophene rings is 1. The molecule has 18 heavy (non-hydrogen) atoms. The van der Waals surface area contributed by atoms with Crippen LogP contribution >= 0.6 is 23.1 Å². The minimum absolute atomic E-state index is 0.771. The number of aryl methyl sites for hydroxylation is 1. The molecule has 1 aliphatic carbocycles. The Morgan fingerprint density at radius 1 is 1.44 bits per heavy atom. The molecule has 0 aromatic carbocycles. The van der Waals surface area contributed by atoms with Crippen molar-refractivity contribution in [1.29, 1.82) is 0 Å². The van der Waals surface area contributed by atoms with E-state index in [9.17, 15) is 0 Å². The van der Waals surface area contributed by atoms with E-state index < -0.39 is 0 Å². The smallest absolute Gasteiger partial charge is 0.190 e. The molecule has 0 bridgehead atoms. The molecule has 3 N–H and O–H groups in total. The van der Waals surface area contributed by atoms with E-state index in [-0.39, 0.29) is 0 Å². The Morgan fingerprint density at radius 3 is 3.00 bits per heavy atom. The number of nitrogens with two attached hydrogens (primary N) is 1. The van der Waals surface area contributed by atoms with Crippen LogP contribution < -0.4 is 11.3 Å². The summed E-state index contributed by atoms with van der Waals surface area (Å²) >= 11 is 3.35. The highest BCUT2D eigenvalue weighted by molar-refractivity contribution is 7.98. The van der Waals surface area contributed by atoms with Crippen LogP contribution in [0.4, 0.5) is 5.82 Å². The molecular weight excluding hydrogens is 264 g/mol. The molecule has 6 heteroatoms. The van der Waals surface area contributed by atoms with Crippen molar-refractivity contribution in [3.05, 3.63) is 10.4 Å². The number of anilines is 1. The SMILES string of the molecule is CSc1nc(NN)c2c3c(sc2n1)C[C@H](C)CC3. The average molecular weight is 280 g/mol. The monoisotopic (exact) mass is 280 g/mol. The van der Waals surface area contributed by atoms with Gasteiger partial charge in [0.05, 0.1) is 5.39 Å². The van der Waals surface area contributed by atoms with Gasteiger partial charge in [-0.1, -0.05) is 18.7 Å². The lowest BCUT2D eigenvalue weighted by atomic mass is 9.89. The van der Waals surface area contributed by atoms with Crippen molar-refractivity contribution in [3.63, 3.8) is 0 Å². The first-order valence-corrected chi connectivity index (χ1v) is 8.10. The number of aromatic nitrogens is 2. The summed E-state index contributed by atoms with van der Waals surface area (Å²) < 4.78 is 0. The number of hydrogen-bond donors (Lipinski definition) is 2. The molecular formula is C12H16N4S2.